The Labute approximate surface area is 189 Å². The van der Waals surface area contributed by atoms with Crippen LogP contribution in [-0.4, -0.2) is 18.4 Å². The number of rotatable bonds is 6. The van der Waals surface area contributed by atoms with Crippen LogP contribution >= 0.6 is 0 Å². The summed E-state index contributed by atoms with van der Waals surface area (Å²) in [4.78, 5) is 0. The molecule has 0 radical (unpaired) electrons. The Kier molecular flexibility index (Phi) is 5.07. The standard InChI is InChI=1S/C28H43NO2/c1-19(31-27-14-20-11-21(15-27)13-22(12-20)16-27)30-24-9-7-23(8-10-24)28(17-25(2,3)4)26(5,6)18-29-28/h7-10,19-22,29H,11-18H2,1-6H3. The average molecular weight is 426 g/mol. The zero-order valence-electron chi connectivity index (χ0n) is 20.6. The average Bonchev–Trinajstić information content (AvgIpc) is 2.63. The summed E-state index contributed by atoms with van der Waals surface area (Å²) in [6, 6.07) is 8.84. The van der Waals surface area contributed by atoms with Gasteiger partial charge in [0.1, 0.15) is 5.75 Å². The van der Waals surface area contributed by atoms with Crippen LogP contribution < -0.4 is 10.1 Å². The van der Waals surface area contributed by atoms with Gasteiger partial charge in [0.15, 0.2) is 6.29 Å². The summed E-state index contributed by atoms with van der Waals surface area (Å²) in [6.45, 7) is 15.0. The lowest BCUT2D eigenvalue weighted by molar-refractivity contribution is -0.225. The van der Waals surface area contributed by atoms with Crippen molar-refractivity contribution in [1.29, 1.82) is 0 Å². The van der Waals surface area contributed by atoms with Crippen molar-refractivity contribution in [2.24, 2.45) is 28.6 Å². The van der Waals surface area contributed by atoms with Crippen LogP contribution in [0.25, 0.3) is 0 Å². The van der Waals surface area contributed by atoms with E-state index in [-0.39, 0.29) is 28.3 Å². The predicted octanol–water partition coefficient (Wildman–Crippen LogP) is 6.66. The molecule has 172 valence electrons. The van der Waals surface area contributed by atoms with Crippen molar-refractivity contribution in [3.05, 3.63) is 29.8 Å². The Balaban J connectivity index is 1.26. The van der Waals surface area contributed by atoms with Gasteiger partial charge in [-0.15, -0.1) is 0 Å². The highest BCUT2D eigenvalue weighted by Crippen LogP contribution is 2.57. The van der Waals surface area contributed by atoms with E-state index in [1.165, 1.54) is 44.1 Å². The SMILES string of the molecule is CC(Oc1ccc(C2(CC(C)(C)C)NCC2(C)C)cc1)OC12CC3CC(CC(C3)C1)C2. The van der Waals surface area contributed by atoms with Crippen molar-refractivity contribution in [3.8, 4) is 5.75 Å². The minimum atomic E-state index is -0.191. The van der Waals surface area contributed by atoms with Gasteiger partial charge in [-0.1, -0.05) is 46.8 Å². The minimum Gasteiger partial charge on any atom is -0.465 e. The Bertz CT molecular complexity index is 770. The first kappa shape index (κ1) is 21.8. The molecule has 5 fully saturated rings. The number of hydrogen-bond donors (Lipinski definition) is 1. The molecule has 6 rings (SSSR count). The van der Waals surface area contributed by atoms with Crippen molar-refractivity contribution < 1.29 is 9.47 Å². The molecule has 1 saturated heterocycles. The highest BCUT2D eigenvalue weighted by atomic mass is 16.7. The Morgan fingerprint density at radius 3 is 1.94 bits per heavy atom. The maximum absolute atomic E-state index is 6.65. The van der Waals surface area contributed by atoms with Crippen molar-refractivity contribution >= 4 is 0 Å². The Morgan fingerprint density at radius 2 is 1.52 bits per heavy atom. The smallest absolute Gasteiger partial charge is 0.197 e. The molecular weight excluding hydrogens is 382 g/mol. The van der Waals surface area contributed by atoms with Gasteiger partial charge in [0.05, 0.1) is 11.1 Å². The zero-order valence-corrected chi connectivity index (χ0v) is 20.6. The maximum atomic E-state index is 6.65. The topological polar surface area (TPSA) is 30.5 Å². The second-order valence-electron chi connectivity index (χ2n) is 13.3. The largest absolute Gasteiger partial charge is 0.465 e. The first-order chi connectivity index (χ1) is 14.5. The summed E-state index contributed by atoms with van der Waals surface area (Å²) >= 11 is 0. The predicted molar refractivity (Wildman–Crippen MR) is 126 cm³/mol. The van der Waals surface area contributed by atoms with E-state index in [1.54, 1.807) is 0 Å². The van der Waals surface area contributed by atoms with Gasteiger partial charge in [-0.05, 0) is 98.1 Å². The lowest BCUT2D eigenvalue weighted by Crippen LogP contribution is -2.69. The van der Waals surface area contributed by atoms with E-state index < -0.39 is 0 Å². The molecule has 1 aliphatic heterocycles. The van der Waals surface area contributed by atoms with E-state index in [0.717, 1.165) is 36.5 Å². The summed E-state index contributed by atoms with van der Waals surface area (Å²) in [5, 5.41) is 3.80. The van der Waals surface area contributed by atoms with Gasteiger partial charge in [-0.3, -0.25) is 0 Å². The fourth-order valence-electron chi connectivity index (χ4n) is 7.91. The van der Waals surface area contributed by atoms with Gasteiger partial charge >= 0.3 is 0 Å². The zero-order chi connectivity index (χ0) is 22.1. The third-order valence-corrected chi connectivity index (χ3v) is 8.83. The summed E-state index contributed by atoms with van der Waals surface area (Å²) in [5.41, 5.74) is 2.01. The lowest BCUT2D eigenvalue weighted by Gasteiger charge is -2.60. The van der Waals surface area contributed by atoms with Crippen LogP contribution in [0, 0.1) is 28.6 Å². The normalized spacial score (nSPS) is 39.2. The molecule has 1 heterocycles. The third-order valence-electron chi connectivity index (χ3n) is 8.83. The Hall–Kier alpha value is -1.06. The monoisotopic (exact) mass is 425 g/mol. The van der Waals surface area contributed by atoms with Crippen molar-refractivity contribution in [1.82, 2.24) is 5.32 Å². The number of nitrogens with one attached hydrogen (secondary N) is 1. The molecule has 31 heavy (non-hydrogen) atoms. The van der Waals surface area contributed by atoms with Crippen LogP contribution in [0.5, 0.6) is 5.75 Å². The first-order valence-electron chi connectivity index (χ1n) is 12.7. The van der Waals surface area contributed by atoms with Crippen LogP contribution in [0.1, 0.15) is 92.1 Å². The molecule has 0 spiro atoms. The molecule has 4 saturated carbocycles. The first-order valence-corrected chi connectivity index (χ1v) is 12.7. The lowest BCUT2D eigenvalue weighted by atomic mass is 9.54. The number of ether oxygens (including phenoxy) is 2. The number of benzene rings is 1. The second kappa shape index (κ2) is 7.22. The number of hydrogen-bond acceptors (Lipinski definition) is 3. The Morgan fingerprint density at radius 1 is 0.968 bits per heavy atom. The van der Waals surface area contributed by atoms with Crippen LogP contribution in [0.15, 0.2) is 24.3 Å². The van der Waals surface area contributed by atoms with Crippen molar-refractivity contribution in [2.45, 2.75) is 104 Å². The van der Waals surface area contributed by atoms with Gasteiger partial charge < -0.3 is 14.8 Å². The van der Waals surface area contributed by atoms with E-state index in [4.69, 9.17) is 9.47 Å². The van der Waals surface area contributed by atoms with E-state index >= 15 is 0 Å². The molecular formula is C28H43NO2. The molecule has 0 aromatic heterocycles. The van der Waals surface area contributed by atoms with Crippen molar-refractivity contribution in [2.75, 3.05) is 6.54 Å². The summed E-state index contributed by atoms with van der Waals surface area (Å²) in [6.07, 6.45) is 9.02. The molecule has 5 aliphatic rings. The molecule has 1 aromatic rings. The molecule has 4 aliphatic carbocycles. The fourth-order valence-corrected chi connectivity index (χ4v) is 7.91. The molecule has 3 heteroatoms. The van der Waals surface area contributed by atoms with E-state index in [2.05, 4.69) is 71.1 Å². The van der Waals surface area contributed by atoms with Crippen LogP contribution in [0.3, 0.4) is 0 Å². The summed E-state index contributed by atoms with van der Waals surface area (Å²) < 4.78 is 12.9. The van der Waals surface area contributed by atoms with Crippen LogP contribution in [-0.2, 0) is 10.3 Å². The fraction of sp³-hybridized carbons (Fsp3) is 0.786. The minimum absolute atomic E-state index is 0.0328. The van der Waals surface area contributed by atoms with Gasteiger partial charge in [-0.25, -0.2) is 0 Å². The van der Waals surface area contributed by atoms with E-state index in [1.807, 2.05) is 0 Å². The second-order valence-corrected chi connectivity index (χ2v) is 13.3. The molecule has 3 nitrogen and oxygen atoms in total. The van der Waals surface area contributed by atoms with Gasteiger partial charge in [-0.2, -0.15) is 0 Å². The molecule has 2 unspecified atom stereocenters. The molecule has 4 bridgehead atoms. The third kappa shape index (κ3) is 3.95. The quantitative estimate of drug-likeness (QED) is 0.517. The van der Waals surface area contributed by atoms with Gasteiger partial charge in [0.25, 0.3) is 0 Å². The van der Waals surface area contributed by atoms with Crippen LogP contribution in [0.2, 0.25) is 0 Å². The molecule has 2 atom stereocenters. The highest BCUT2D eigenvalue weighted by molar-refractivity contribution is 5.36. The highest BCUT2D eigenvalue weighted by Gasteiger charge is 2.55. The van der Waals surface area contributed by atoms with Gasteiger partial charge in [0, 0.05) is 6.54 Å². The summed E-state index contributed by atoms with van der Waals surface area (Å²) in [7, 11) is 0. The van der Waals surface area contributed by atoms with Crippen molar-refractivity contribution in [3.63, 3.8) is 0 Å². The molecule has 1 N–H and O–H groups in total. The summed E-state index contributed by atoms with van der Waals surface area (Å²) in [5.74, 6) is 3.62. The molecule has 0 amide bonds. The van der Waals surface area contributed by atoms with Crippen LogP contribution in [0.4, 0.5) is 0 Å². The van der Waals surface area contributed by atoms with E-state index in [9.17, 15) is 0 Å². The van der Waals surface area contributed by atoms with Gasteiger partial charge in [0.2, 0.25) is 0 Å². The maximum Gasteiger partial charge on any atom is 0.197 e. The van der Waals surface area contributed by atoms with E-state index in [0.29, 0.717) is 0 Å². The molecule has 1 aromatic carbocycles.